The number of nitrogens with zero attached hydrogens (tertiary/aromatic N) is 2. The number of carbonyl (C=O) groups excluding carboxylic acids is 1. The molecule has 1 N–H and O–H groups in total. The summed E-state index contributed by atoms with van der Waals surface area (Å²) >= 11 is 1.34. The van der Waals surface area contributed by atoms with Gasteiger partial charge in [0.05, 0.1) is 28.3 Å². The third kappa shape index (κ3) is 4.70. The number of aliphatic hydroxyl groups is 1. The lowest BCUT2D eigenvalue weighted by Gasteiger charge is -2.21. The second-order valence-corrected chi connectivity index (χ2v) is 5.40. The van der Waals surface area contributed by atoms with E-state index in [4.69, 9.17) is 10.4 Å². The molecule has 4 nitrogen and oxygen atoms in total. The van der Waals surface area contributed by atoms with Crippen LogP contribution in [0, 0.1) is 29.1 Å². The Bertz CT molecular complexity index is 548. The maximum absolute atomic E-state index is 12.3. The van der Waals surface area contributed by atoms with E-state index in [2.05, 4.69) is 17.9 Å². The van der Waals surface area contributed by atoms with Crippen LogP contribution in [-0.4, -0.2) is 35.6 Å². The Balaban J connectivity index is 2.76. The number of aliphatic hydroxyl groups excluding tert-OH is 1. The number of rotatable bonds is 5. The van der Waals surface area contributed by atoms with Crippen molar-refractivity contribution in [1.82, 2.24) is 4.90 Å². The third-order valence-electron chi connectivity index (χ3n) is 2.65. The van der Waals surface area contributed by atoms with Gasteiger partial charge in [0.2, 0.25) is 0 Å². The van der Waals surface area contributed by atoms with Crippen LogP contribution in [0.5, 0.6) is 0 Å². The van der Waals surface area contributed by atoms with Crippen LogP contribution < -0.4 is 0 Å². The van der Waals surface area contributed by atoms with Gasteiger partial charge in [0.25, 0.3) is 5.91 Å². The van der Waals surface area contributed by atoms with Gasteiger partial charge in [-0.25, -0.2) is 0 Å². The highest BCUT2D eigenvalue weighted by Gasteiger charge is 2.18. The highest BCUT2D eigenvalue weighted by Crippen LogP contribution is 2.18. The van der Waals surface area contributed by atoms with Crippen molar-refractivity contribution in [3.63, 3.8) is 0 Å². The lowest BCUT2D eigenvalue weighted by molar-refractivity contribution is 0.0757. The van der Waals surface area contributed by atoms with Crippen molar-refractivity contribution < 1.29 is 9.90 Å². The van der Waals surface area contributed by atoms with Gasteiger partial charge in [-0.2, -0.15) is 5.26 Å². The van der Waals surface area contributed by atoms with Gasteiger partial charge in [-0.15, -0.1) is 11.3 Å². The van der Waals surface area contributed by atoms with Crippen molar-refractivity contribution in [2.75, 3.05) is 19.7 Å². The average molecular weight is 290 g/mol. The van der Waals surface area contributed by atoms with Crippen LogP contribution in [-0.2, 0) is 0 Å². The second kappa shape index (κ2) is 8.37. The molecule has 0 saturated heterocycles. The maximum Gasteiger partial charge on any atom is 0.263 e. The molecule has 1 rings (SSSR count). The molecule has 1 atom stereocenters. The predicted octanol–water partition coefficient (Wildman–Crippen LogP) is 2.10. The summed E-state index contributed by atoms with van der Waals surface area (Å²) in [5, 5.41) is 17.5. The lowest BCUT2D eigenvalue weighted by Crippen LogP contribution is -2.33. The zero-order chi connectivity index (χ0) is 15.0. The third-order valence-corrected chi connectivity index (χ3v) is 3.64. The summed E-state index contributed by atoms with van der Waals surface area (Å²) in [5.74, 6) is 5.51. The first-order chi connectivity index (χ1) is 9.62. The van der Waals surface area contributed by atoms with E-state index in [1.54, 1.807) is 17.9 Å². The van der Waals surface area contributed by atoms with Crippen molar-refractivity contribution in [2.24, 2.45) is 5.92 Å². The number of hydrogen-bond donors (Lipinski definition) is 1. The first kappa shape index (κ1) is 16.2. The number of carbonyl (C=O) groups is 1. The summed E-state index contributed by atoms with van der Waals surface area (Å²) in [6, 6.07) is 5.71. The first-order valence-corrected chi connectivity index (χ1v) is 7.32. The van der Waals surface area contributed by atoms with Gasteiger partial charge in [-0.3, -0.25) is 4.79 Å². The smallest absolute Gasteiger partial charge is 0.263 e. The summed E-state index contributed by atoms with van der Waals surface area (Å²) in [7, 11) is 0. The average Bonchev–Trinajstić information content (AvgIpc) is 2.92. The largest absolute Gasteiger partial charge is 0.395 e. The maximum atomic E-state index is 12.3. The molecule has 0 bridgehead atoms. The molecule has 0 aliphatic heterocycles. The molecule has 0 aliphatic rings. The van der Waals surface area contributed by atoms with Crippen LogP contribution in [0.3, 0.4) is 0 Å². The zero-order valence-electron chi connectivity index (χ0n) is 11.7. The van der Waals surface area contributed by atoms with Gasteiger partial charge in [0.1, 0.15) is 0 Å². The van der Waals surface area contributed by atoms with E-state index >= 15 is 0 Å². The normalized spacial score (nSPS) is 11.1. The van der Waals surface area contributed by atoms with Gasteiger partial charge >= 0.3 is 0 Å². The van der Waals surface area contributed by atoms with Crippen molar-refractivity contribution >= 4 is 17.2 Å². The van der Waals surface area contributed by atoms with E-state index in [1.165, 1.54) is 11.3 Å². The van der Waals surface area contributed by atoms with E-state index in [9.17, 15) is 4.79 Å². The van der Waals surface area contributed by atoms with Gasteiger partial charge in [0, 0.05) is 19.5 Å². The Labute approximate surface area is 123 Å². The van der Waals surface area contributed by atoms with Crippen molar-refractivity contribution in [3.8, 4) is 17.9 Å². The monoisotopic (exact) mass is 290 g/mol. The van der Waals surface area contributed by atoms with Crippen molar-refractivity contribution in [1.29, 1.82) is 5.26 Å². The van der Waals surface area contributed by atoms with Gasteiger partial charge in [-0.1, -0.05) is 11.8 Å². The van der Waals surface area contributed by atoms with E-state index in [0.717, 1.165) is 4.88 Å². The molecule has 0 aliphatic carbocycles. The molecule has 0 spiro atoms. The highest BCUT2D eigenvalue weighted by atomic mass is 32.1. The van der Waals surface area contributed by atoms with Crippen LogP contribution in [0.4, 0.5) is 0 Å². The molecular weight excluding hydrogens is 272 g/mol. The van der Waals surface area contributed by atoms with Crippen molar-refractivity contribution in [2.45, 2.75) is 20.3 Å². The lowest BCUT2D eigenvalue weighted by atomic mass is 10.2. The SMILES string of the molecule is CCN(CC(C)C#N)C(=O)c1ccc(C#CCCO)s1. The Morgan fingerprint density at radius 1 is 1.55 bits per heavy atom. The molecule has 0 aromatic carbocycles. The summed E-state index contributed by atoms with van der Waals surface area (Å²) in [5.41, 5.74) is 0. The molecule has 106 valence electrons. The molecule has 1 heterocycles. The van der Waals surface area contributed by atoms with Gasteiger partial charge < -0.3 is 10.0 Å². The van der Waals surface area contributed by atoms with Gasteiger partial charge in [0.15, 0.2) is 0 Å². The topological polar surface area (TPSA) is 64.3 Å². The fraction of sp³-hybridized carbons (Fsp3) is 0.467. The molecule has 5 heteroatoms. The number of thiophene rings is 1. The fourth-order valence-electron chi connectivity index (χ4n) is 1.61. The van der Waals surface area contributed by atoms with Crippen LogP contribution in [0.15, 0.2) is 12.1 Å². The molecule has 0 fully saturated rings. The number of nitriles is 1. The minimum atomic E-state index is -0.178. The zero-order valence-corrected chi connectivity index (χ0v) is 12.5. The molecule has 1 aromatic rings. The first-order valence-electron chi connectivity index (χ1n) is 6.50. The van der Waals surface area contributed by atoms with Crippen LogP contribution in [0.2, 0.25) is 0 Å². The van der Waals surface area contributed by atoms with Crippen LogP contribution in [0.25, 0.3) is 0 Å². The Hall–Kier alpha value is -1.82. The van der Waals surface area contributed by atoms with E-state index < -0.39 is 0 Å². The van der Waals surface area contributed by atoms with E-state index in [0.29, 0.717) is 24.4 Å². The molecule has 0 saturated carbocycles. The van der Waals surface area contributed by atoms with E-state index in [-0.39, 0.29) is 18.4 Å². The number of hydrogen-bond acceptors (Lipinski definition) is 4. The minimum Gasteiger partial charge on any atom is -0.395 e. The molecule has 0 radical (unpaired) electrons. The summed E-state index contributed by atoms with van der Waals surface area (Å²) in [6.45, 7) is 4.76. The number of amides is 1. The molecule has 20 heavy (non-hydrogen) atoms. The van der Waals surface area contributed by atoms with Crippen molar-refractivity contribution in [3.05, 3.63) is 21.9 Å². The summed E-state index contributed by atoms with van der Waals surface area (Å²) < 4.78 is 0. The predicted molar refractivity (Wildman–Crippen MR) is 79.3 cm³/mol. The Morgan fingerprint density at radius 2 is 2.30 bits per heavy atom. The Kier molecular flexibility index (Phi) is 6.79. The molecule has 1 aromatic heterocycles. The summed E-state index contributed by atoms with van der Waals surface area (Å²) in [4.78, 5) is 15.4. The second-order valence-electron chi connectivity index (χ2n) is 4.31. The van der Waals surface area contributed by atoms with Gasteiger partial charge in [-0.05, 0) is 26.0 Å². The molecule has 1 amide bonds. The minimum absolute atomic E-state index is 0.0415. The summed E-state index contributed by atoms with van der Waals surface area (Å²) in [6.07, 6.45) is 0.432. The quantitative estimate of drug-likeness (QED) is 0.845. The van der Waals surface area contributed by atoms with Crippen LogP contribution in [0.1, 0.15) is 34.8 Å². The Morgan fingerprint density at radius 3 is 2.90 bits per heavy atom. The van der Waals surface area contributed by atoms with E-state index in [1.807, 2.05) is 13.0 Å². The highest BCUT2D eigenvalue weighted by molar-refractivity contribution is 7.14. The van der Waals surface area contributed by atoms with Crippen LogP contribution >= 0.6 is 11.3 Å². The molecule has 1 unspecified atom stereocenters. The fourth-order valence-corrected chi connectivity index (χ4v) is 2.46. The molecular formula is C15H18N2O2S. The standard InChI is InChI=1S/C15H18N2O2S/c1-3-17(11-12(2)10-16)15(19)14-8-7-13(20-14)6-4-5-9-18/h7-8,12,18H,3,5,9,11H2,1-2H3.